The zero-order chi connectivity index (χ0) is 14.8. The number of nitrogens with one attached hydrogen (secondary N) is 2. The molecule has 0 radical (unpaired) electrons. The smallest absolute Gasteiger partial charge is 0.241 e. The Morgan fingerprint density at radius 1 is 1.25 bits per heavy atom. The van der Waals surface area contributed by atoms with Gasteiger partial charge in [-0.05, 0) is 43.9 Å². The number of likely N-dealkylation sites (N-methyl/N-ethyl adjacent to an activating group) is 1. The SMILES string of the molecule is CNC(Cc1ccccc1S(=O)(=O)NC1CC1)C(C)C. The summed E-state index contributed by atoms with van der Waals surface area (Å²) >= 11 is 0. The molecular formula is C15H24N2O2S. The molecule has 5 heteroatoms. The van der Waals surface area contributed by atoms with Crippen molar-refractivity contribution in [1.29, 1.82) is 0 Å². The number of sulfonamides is 1. The van der Waals surface area contributed by atoms with Gasteiger partial charge in [-0.1, -0.05) is 32.0 Å². The Balaban J connectivity index is 2.25. The van der Waals surface area contributed by atoms with Gasteiger partial charge < -0.3 is 5.32 Å². The zero-order valence-electron chi connectivity index (χ0n) is 12.4. The van der Waals surface area contributed by atoms with E-state index in [1.54, 1.807) is 12.1 Å². The summed E-state index contributed by atoms with van der Waals surface area (Å²) in [6.45, 7) is 4.28. The quantitative estimate of drug-likeness (QED) is 0.808. The maximum Gasteiger partial charge on any atom is 0.241 e. The lowest BCUT2D eigenvalue weighted by molar-refractivity contribution is 0.422. The number of benzene rings is 1. The van der Waals surface area contributed by atoms with E-state index in [9.17, 15) is 8.42 Å². The highest BCUT2D eigenvalue weighted by molar-refractivity contribution is 7.89. The van der Waals surface area contributed by atoms with Crippen LogP contribution in [0.25, 0.3) is 0 Å². The summed E-state index contributed by atoms with van der Waals surface area (Å²) in [5, 5.41) is 3.27. The van der Waals surface area contributed by atoms with E-state index >= 15 is 0 Å². The molecule has 2 rings (SSSR count). The van der Waals surface area contributed by atoms with Crippen LogP contribution in [0.2, 0.25) is 0 Å². The van der Waals surface area contributed by atoms with Gasteiger partial charge in [0.15, 0.2) is 0 Å². The maximum absolute atomic E-state index is 12.4. The molecule has 1 fully saturated rings. The van der Waals surface area contributed by atoms with Crippen LogP contribution >= 0.6 is 0 Å². The van der Waals surface area contributed by atoms with Gasteiger partial charge in [-0.15, -0.1) is 0 Å². The number of hydrogen-bond donors (Lipinski definition) is 2. The van der Waals surface area contributed by atoms with Gasteiger partial charge in [0.1, 0.15) is 0 Å². The van der Waals surface area contributed by atoms with Gasteiger partial charge in [0.05, 0.1) is 4.90 Å². The summed E-state index contributed by atoms with van der Waals surface area (Å²) in [5.41, 5.74) is 0.883. The van der Waals surface area contributed by atoms with Gasteiger partial charge in [-0.25, -0.2) is 13.1 Å². The van der Waals surface area contributed by atoms with Gasteiger partial charge in [0.25, 0.3) is 0 Å². The Labute approximate surface area is 122 Å². The first kappa shape index (κ1) is 15.5. The highest BCUT2D eigenvalue weighted by Gasteiger charge is 2.29. The summed E-state index contributed by atoms with van der Waals surface area (Å²) in [5.74, 6) is 0.451. The molecule has 1 aliphatic rings. The van der Waals surface area contributed by atoms with Crippen molar-refractivity contribution in [3.8, 4) is 0 Å². The molecule has 0 amide bonds. The summed E-state index contributed by atoms with van der Waals surface area (Å²) in [4.78, 5) is 0.424. The van der Waals surface area contributed by atoms with Crippen molar-refractivity contribution in [3.05, 3.63) is 29.8 Å². The molecule has 1 unspecified atom stereocenters. The van der Waals surface area contributed by atoms with E-state index in [1.807, 2.05) is 19.2 Å². The van der Waals surface area contributed by atoms with Crippen LogP contribution < -0.4 is 10.0 Å². The fraction of sp³-hybridized carbons (Fsp3) is 0.600. The highest BCUT2D eigenvalue weighted by atomic mass is 32.2. The molecule has 0 bridgehead atoms. The third kappa shape index (κ3) is 3.81. The van der Waals surface area contributed by atoms with E-state index in [2.05, 4.69) is 23.9 Å². The summed E-state index contributed by atoms with van der Waals surface area (Å²) < 4.78 is 27.6. The van der Waals surface area contributed by atoms with Crippen LogP contribution in [0.1, 0.15) is 32.3 Å². The zero-order valence-corrected chi connectivity index (χ0v) is 13.2. The minimum absolute atomic E-state index is 0.137. The molecule has 4 nitrogen and oxygen atoms in total. The second kappa shape index (κ2) is 6.24. The van der Waals surface area contributed by atoms with E-state index in [0.717, 1.165) is 24.8 Å². The maximum atomic E-state index is 12.4. The first-order valence-corrected chi connectivity index (χ1v) is 8.70. The first-order chi connectivity index (χ1) is 9.44. The molecule has 1 aromatic carbocycles. The molecule has 0 saturated heterocycles. The highest BCUT2D eigenvalue weighted by Crippen LogP contribution is 2.24. The monoisotopic (exact) mass is 296 g/mol. The number of hydrogen-bond acceptors (Lipinski definition) is 3. The normalized spacial score (nSPS) is 17.4. The van der Waals surface area contributed by atoms with Gasteiger partial charge in [0.2, 0.25) is 10.0 Å². The fourth-order valence-corrected chi connectivity index (χ4v) is 3.88. The molecule has 0 spiro atoms. The van der Waals surface area contributed by atoms with Gasteiger partial charge in [-0.2, -0.15) is 0 Å². The summed E-state index contributed by atoms with van der Waals surface area (Å²) in [7, 11) is -1.46. The molecule has 1 atom stereocenters. The van der Waals surface area contributed by atoms with E-state index < -0.39 is 10.0 Å². The van der Waals surface area contributed by atoms with Crippen LogP contribution in [0, 0.1) is 5.92 Å². The standard InChI is InChI=1S/C15H24N2O2S/c1-11(2)14(16-3)10-12-6-4-5-7-15(12)20(18,19)17-13-8-9-13/h4-7,11,13-14,16-17H,8-10H2,1-3H3. The van der Waals surface area contributed by atoms with Crippen molar-refractivity contribution in [3.63, 3.8) is 0 Å². The van der Waals surface area contributed by atoms with Crippen molar-refractivity contribution in [1.82, 2.24) is 10.0 Å². The van der Waals surface area contributed by atoms with Crippen molar-refractivity contribution in [2.75, 3.05) is 7.05 Å². The van der Waals surface area contributed by atoms with Crippen LogP contribution in [0.4, 0.5) is 0 Å². The molecular weight excluding hydrogens is 272 g/mol. The number of rotatable bonds is 7. The van der Waals surface area contributed by atoms with Crippen molar-refractivity contribution < 1.29 is 8.42 Å². The summed E-state index contributed by atoms with van der Waals surface area (Å²) in [6, 6.07) is 7.71. The average Bonchev–Trinajstić information content (AvgIpc) is 3.19. The molecule has 0 aromatic heterocycles. The largest absolute Gasteiger partial charge is 0.316 e. The third-order valence-corrected chi connectivity index (χ3v) is 5.40. The molecule has 1 aromatic rings. The van der Waals surface area contributed by atoms with Gasteiger partial charge in [-0.3, -0.25) is 0 Å². The lowest BCUT2D eigenvalue weighted by atomic mass is 9.97. The topological polar surface area (TPSA) is 58.2 Å². The van der Waals surface area contributed by atoms with Crippen molar-refractivity contribution >= 4 is 10.0 Å². The van der Waals surface area contributed by atoms with Gasteiger partial charge in [0, 0.05) is 12.1 Å². The molecule has 2 N–H and O–H groups in total. The lowest BCUT2D eigenvalue weighted by Crippen LogP contribution is -2.34. The molecule has 0 aliphatic heterocycles. The van der Waals surface area contributed by atoms with E-state index in [-0.39, 0.29) is 12.1 Å². The van der Waals surface area contributed by atoms with E-state index in [4.69, 9.17) is 0 Å². The van der Waals surface area contributed by atoms with E-state index in [0.29, 0.717) is 10.8 Å². The van der Waals surface area contributed by atoms with Crippen LogP contribution in [-0.4, -0.2) is 27.5 Å². The Hall–Kier alpha value is -0.910. The molecule has 1 saturated carbocycles. The minimum Gasteiger partial charge on any atom is -0.316 e. The Morgan fingerprint density at radius 2 is 1.90 bits per heavy atom. The molecule has 20 heavy (non-hydrogen) atoms. The molecule has 112 valence electrons. The first-order valence-electron chi connectivity index (χ1n) is 7.21. The lowest BCUT2D eigenvalue weighted by Gasteiger charge is -2.21. The fourth-order valence-electron chi connectivity index (χ4n) is 2.33. The van der Waals surface area contributed by atoms with Crippen molar-refractivity contribution in [2.24, 2.45) is 5.92 Å². The minimum atomic E-state index is -3.39. The second-order valence-corrected chi connectivity index (χ2v) is 7.53. The molecule has 1 aliphatic carbocycles. The second-order valence-electron chi connectivity index (χ2n) is 5.85. The Bertz CT molecular complexity index is 551. The average molecular weight is 296 g/mol. The van der Waals surface area contributed by atoms with Crippen molar-refractivity contribution in [2.45, 2.75) is 50.1 Å². The van der Waals surface area contributed by atoms with Crippen LogP contribution in [0.3, 0.4) is 0 Å². The Kier molecular flexibility index (Phi) is 4.83. The predicted molar refractivity (Wildman–Crippen MR) is 81.2 cm³/mol. The van der Waals surface area contributed by atoms with Gasteiger partial charge >= 0.3 is 0 Å². The molecule has 0 heterocycles. The third-order valence-electron chi connectivity index (χ3n) is 3.78. The predicted octanol–water partition coefficient (Wildman–Crippen LogP) is 1.91. The Morgan fingerprint density at radius 3 is 2.45 bits per heavy atom. The van der Waals surface area contributed by atoms with Crippen LogP contribution in [0.5, 0.6) is 0 Å². The summed E-state index contributed by atoms with van der Waals surface area (Å²) in [6.07, 6.45) is 2.62. The van der Waals surface area contributed by atoms with Crippen LogP contribution in [0.15, 0.2) is 29.2 Å². The van der Waals surface area contributed by atoms with E-state index in [1.165, 1.54) is 0 Å². The van der Waals surface area contributed by atoms with Crippen LogP contribution in [-0.2, 0) is 16.4 Å².